The topological polar surface area (TPSA) is 73.9 Å². The van der Waals surface area contributed by atoms with Crippen molar-refractivity contribution in [3.05, 3.63) is 77.9 Å². The molecular weight excluding hydrogens is 414 g/mol. The average molecular weight is 438 g/mol. The van der Waals surface area contributed by atoms with Gasteiger partial charge in [0, 0.05) is 21.7 Å². The molecule has 0 aliphatic heterocycles. The molecule has 3 aromatic carbocycles. The van der Waals surface area contributed by atoms with Gasteiger partial charge in [0.15, 0.2) is 17.3 Å². The number of anilines is 1. The van der Waals surface area contributed by atoms with E-state index >= 15 is 0 Å². The molecule has 0 atom stereocenters. The molecule has 0 bridgehead atoms. The van der Waals surface area contributed by atoms with E-state index in [1.165, 1.54) is 18.9 Å². The maximum atomic E-state index is 12.5. The average Bonchev–Trinajstić information content (AvgIpc) is 2.82. The Morgan fingerprint density at radius 3 is 2.23 bits per heavy atom. The van der Waals surface area contributed by atoms with Gasteiger partial charge in [0.25, 0.3) is 5.91 Å². The number of ether oxygens (including phenoxy) is 3. The smallest absolute Gasteiger partial charge is 0.255 e. The molecule has 0 spiro atoms. The van der Waals surface area contributed by atoms with E-state index in [9.17, 15) is 9.59 Å². The monoisotopic (exact) mass is 437 g/mol. The van der Waals surface area contributed by atoms with Crippen molar-refractivity contribution in [3.63, 3.8) is 0 Å². The number of amides is 1. The van der Waals surface area contributed by atoms with Gasteiger partial charge >= 0.3 is 0 Å². The lowest BCUT2D eigenvalue weighted by Gasteiger charge is -2.09. The minimum absolute atomic E-state index is 0.0126. The van der Waals surface area contributed by atoms with Gasteiger partial charge < -0.3 is 19.5 Å². The number of carbonyl (C=O) groups excluding carboxylic acids is 2. The molecule has 0 heterocycles. The van der Waals surface area contributed by atoms with Gasteiger partial charge in [-0.15, -0.1) is 11.8 Å². The highest BCUT2D eigenvalue weighted by molar-refractivity contribution is 8.00. The first-order valence-corrected chi connectivity index (χ1v) is 10.5. The lowest BCUT2D eigenvalue weighted by molar-refractivity contribution is 0.101. The molecule has 0 saturated carbocycles. The number of Topliss-reactive ketones (excluding diaryl/α,β-unsaturated/α-hetero) is 1. The van der Waals surface area contributed by atoms with Crippen molar-refractivity contribution in [2.45, 2.75) is 4.90 Å². The summed E-state index contributed by atoms with van der Waals surface area (Å²) in [7, 11) is 4.65. The molecule has 6 nitrogen and oxygen atoms in total. The molecule has 0 unspecified atom stereocenters. The van der Waals surface area contributed by atoms with Crippen molar-refractivity contribution in [3.8, 4) is 17.2 Å². The van der Waals surface area contributed by atoms with Gasteiger partial charge in [-0.25, -0.2) is 0 Å². The molecule has 31 heavy (non-hydrogen) atoms. The van der Waals surface area contributed by atoms with Crippen molar-refractivity contribution < 1.29 is 23.8 Å². The molecule has 0 aliphatic carbocycles. The molecule has 160 valence electrons. The molecule has 0 aromatic heterocycles. The Hall–Kier alpha value is -3.45. The van der Waals surface area contributed by atoms with Crippen LogP contribution in [0.4, 0.5) is 5.69 Å². The van der Waals surface area contributed by atoms with E-state index in [4.69, 9.17) is 14.2 Å². The highest BCUT2D eigenvalue weighted by atomic mass is 32.2. The van der Waals surface area contributed by atoms with Crippen molar-refractivity contribution in [1.29, 1.82) is 0 Å². The first kappa shape index (κ1) is 22.2. The number of hydrogen-bond acceptors (Lipinski definition) is 6. The third-order valence-corrected chi connectivity index (χ3v) is 5.53. The molecule has 7 heteroatoms. The minimum atomic E-state index is -0.220. The Kier molecular flexibility index (Phi) is 7.56. The van der Waals surface area contributed by atoms with Crippen LogP contribution < -0.4 is 19.5 Å². The van der Waals surface area contributed by atoms with Crippen molar-refractivity contribution in [1.82, 2.24) is 0 Å². The van der Waals surface area contributed by atoms with Crippen LogP contribution in [0.3, 0.4) is 0 Å². The number of thioether (sulfide) groups is 1. The first-order valence-electron chi connectivity index (χ1n) is 9.47. The van der Waals surface area contributed by atoms with Gasteiger partial charge in [0.05, 0.1) is 27.1 Å². The van der Waals surface area contributed by atoms with Crippen molar-refractivity contribution in [2.24, 2.45) is 0 Å². The lowest BCUT2D eigenvalue weighted by atomic mass is 10.1. The van der Waals surface area contributed by atoms with Gasteiger partial charge in [-0.05, 0) is 60.7 Å². The summed E-state index contributed by atoms with van der Waals surface area (Å²) in [6.07, 6.45) is 0. The van der Waals surface area contributed by atoms with E-state index in [1.807, 2.05) is 12.1 Å². The van der Waals surface area contributed by atoms with E-state index < -0.39 is 0 Å². The van der Waals surface area contributed by atoms with Crippen LogP contribution in [0.2, 0.25) is 0 Å². The summed E-state index contributed by atoms with van der Waals surface area (Å²) in [6.45, 7) is 0. The number of hydrogen-bond donors (Lipinski definition) is 1. The summed E-state index contributed by atoms with van der Waals surface area (Å²) >= 11 is 1.42. The number of ketones is 1. The van der Waals surface area contributed by atoms with Gasteiger partial charge in [-0.2, -0.15) is 0 Å². The van der Waals surface area contributed by atoms with Crippen LogP contribution in [-0.2, 0) is 0 Å². The van der Waals surface area contributed by atoms with Crippen LogP contribution in [0, 0.1) is 0 Å². The van der Waals surface area contributed by atoms with Crippen LogP contribution in [0.1, 0.15) is 20.7 Å². The number of benzene rings is 3. The zero-order valence-electron chi connectivity index (χ0n) is 17.5. The molecule has 0 radical (unpaired) electrons. The Morgan fingerprint density at radius 2 is 1.55 bits per heavy atom. The third-order valence-electron chi connectivity index (χ3n) is 4.52. The molecule has 1 N–H and O–H groups in total. The highest BCUT2D eigenvalue weighted by Crippen LogP contribution is 2.29. The summed E-state index contributed by atoms with van der Waals surface area (Å²) in [5.74, 6) is 1.78. The van der Waals surface area contributed by atoms with E-state index in [0.29, 0.717) is 34.1 Å². The molecular formula is C24H23NO5S. The fraction of sp³-hybridized carbons (Fsp3) is 0.167. The van der Waals surface area contributed by atoms with E-state index in [0.717, 1.165) is 4.90 Å². The van der Waals surface area contributed by atoms with Crippen molar-refractivity contribution in [2.75, 3.05) is 32.4 Å². The summed E-state index contributed by atoms with van der Waals surface area (Å²) in [5, 5.41) is 2.85. The van der Waals surface area contributed by atoms with Crippen molar-refractivity contribution >= 4 is 29.1 Å². The van der Waals surface area contributed by atoms with Crippen LogP contribution in [0.5, 0.6) is 17.2 Å². The fourth-order valence-corrected chi connectivity index (χ4v) is 3.64. The molecule has 3 aromatic rings. The third kappa shape index (κ3) is 5.79. The fourth-order valence-electron chi connectivity index (χ4n) is 2.84. The van der Waals surface area contributed by atoms with Crippen LogP contribution in [0.15, 0.2) is 71.6 Å². The lowest BCUT2D eigenvalue weighted by Crippen LogP contribution is -2.11. The van der Waals surface area contributed by atoms with Crippen LogP contribution >= 0.6 is 11.8 Å². The normalized spacial score (nSPS) is 10.3. The quantitative estimate of drug-likeness (QED) is 0.378. The second-order valence-corrected chi connectivity index (χ2v) is 7.54. The SMILES string of the molecule is COc1cccc(C(=O)Nc2ccc(SCC(=O)c3ccc(OC)c(OC)c3)cc2)c1. The van der Waals surface area contributed by atoms with Gasteiger partial charge in [0.1, 0.15) is 5.75 Å². The Balaban J connectivity index is 1.58. The van der Waals surface area contributed by atoms with Crippen LogP contribution in [-0.4, -0.2) is 38.8 Å². The van der Waals surface area contributed by atoms with Gasteiger partial charge in [-0.1, -0.05) is 6.07 Å². The second-order valence-electron chi connectivity index (χ2n) is 6.49. The second kappa shape index (κ2) is 10.5. The molecule has 1 amide bonds. The van der Waals surface area contributed by atoms with E-state index in [1.54, 1.807) is 68.8 Å². The Labute approximate surface area is 185 Å². The summed E-state index contributed by atoms with van der Waals surface area (Å²) < 4.78 is 15.6. The number of nitrogens with one attached hydrogen (secondary N) is 1. The Bertz CT molecular complexity index is 1070. The minimum Gasteiger partial charge on any atom is -0.497 e. The van der Waals surface area contributed by atoms with E-state index in [-0.39, 0.29) is 17.4 Å². The first-order chi connectivity index (χ1) is 15.0. The van der Waals surface area contributed by atoms with Gasteiger partial charge in [-0.3, -0.25) is 9.59 Å². The summed E-state index contributed by atoms with van der Waals surface area (Å²) in [5.41, 5.74) is 1.74. The number of methoxy groups -OCH3 is 3. The molecule has 3 rings (SSSR count). The van der Waals surface area contributed by atoms with E-state index in [2.05, 4.69) is 5.32 Å². The van der Waals surface area contributed by atoms with Crippen LogP contribution in [0.25, 0.3) is 0 Å². The highest BCUT2D eigenvalue weighted by Gasteiger charge is 2.12. The number of rotatable bonds is 9. The standard InChI is InChI=1S/C24H23NO5S/c1-28-19-6-4-5-17(13-19)24(27)25-18-8-10-20(11-9-18)31-15-21(26)16-7-12-22(29-2)23(14-16)30-3/h4-14H,15H2,1-3H3,(H,25,27). The number of carbonyl (C=O) groups is 2. The summed E-state index contributed by atoms with van der Waals surface area (Å²) in [6, 6.07) is 19.4. The molecule has 0 aliphatic rings. The maximum Gasteiger partial charge on any atom is 0.255 e. The zero-order chi connectivity index (χ0) is 22.2. The maximum absolute atomic E-state index is 12.5. The predicted molar refractivity (Wildman–Crippen MR) is 122 cm³/mol. The predicted octanol–water partition coefficient (Wildman–Crippen LogP) is 4.94. The largest absolute Gasteiger partial charge is 0.497 e. The van der Waals surface area contributed by atoms with Gasteiger partial charge in [0.2, 0.25) is 0 Å². The zero-order valence-corrected chi connectivity index (χ0v) is 18.3. The molecule has 0 fully saturated rings. The summed E-state index contributed by atoms with van der Waals surface area (Å²) in [4.78, 5) is 25.8. The molecule has 0 saturated heterocycles. The Morgan fingerprint density at radius 1 is 0.806 bits per heavy atom.